The summed E-state index contributed by atoms with van der Waals surface area (Å²) in [7, 11) is 1.59. The number of nitrogens with zero attached hydrogens (tertiary/aromatic N) is 4. The first-order valence-corrected chi connectivity index (χ1v) is 5.85. The molecular formula is C14H12N4O. The average molecular weight is 252 g/mol. The summed E-state index contributed by atoms with van der Waals surface area (Å²) in [6.07, 6.45) is 3.57. The highest BCUT2D eigenvalue weighted by Gasteiger charge is 2.05. The Morgan fingerprint density at radius 3 is 2.58 bits per heavy atom. The van der Waals surface area contributed by atoms with Crippen LogP contribution in [0.2, 0.25) is 0 Å². The second-order valence-corrected chi connectivity index (χ2v) is 3.97. The minimum Gasteiger partial charge on any atom is -0.481 e. The summed E-state index contributed by atoms with van der Waals surface area (Å²) in [5.74, 6) is 0.576. The van der Waals surface area contributed by atoms with Crippen LogP contribution in [-0.2, 0) is 0 Å². The molecule has 0 fully saturated rings. The van der Waals surface area contributed by atoms with Crippen LogP contribution in [0.4, 0.5) is 0 Å². The van der Waals surface area contributed by atoms with Gasteiger partial charge < -0.3 is 4.74 Å². The molecule has 5 heteroatoms. The summed E-state index contributed by atoms with van der Waals surface area (Å²) >= 11 is 0. The van der Waals surface area contributed by atoms with Crippen molar-refractivity contribution in [3.8, 4) is 22.8 Å². The van der Waals surface area contributed by atoms with Crippen LogP contribution >= 0.6 is 0 Å². The number of aromatic nitrogens is 4. The van der Waals surface area contributed by atoms with Crippen molar-refractivity contribution in [3.63, 3.8) is 0 Å². The Bertz CT molecular complexity index is 661. The maximum Gasteiger partial charge on any atom is 0.213 e. The van der Waals surface area contributed by atoms with Gasteiger partial charge in [-0.05, 0) is 6.07 Å². The Morgan fingerprint density at radius 2 is 1.89 bits per heavy atom. The van der Waals surface area contributed by atoms with Gasteiger partial charge in [0.2, 0.25) is 5.88 Å². The Hall–Kier alpha value is -2.69. The molecule has 0 N–H and O–H groups in total. The monoisotopic (exact) mass is 252 g/mol. The lowest BCUT2D eigenvalue weighted by Gasteiger charge is -2.01. The van der Waals surface area contributed by atoms with Crippen molar-refractivity contribution < 1.29 is 4.74 Å². The predicted molar refractivity (Wildman–Crippen MR) is 71.1 cm³/mol. The minimum absolute atomic E-state index is 0.576. The molecule has 0 saturated heterocycles. The van der Waals surface area contributed by atoms with E-state index in [1.165, 1.54) is 0 Å². The molecular weight excluding hydrogens is 240 g/mol. The van der Waals surface area contributed by atoms with Crippen molar-refractivity contribution in [2.45, 2.75) is 0 Å². The van der Waals surface area contributed by atoms with Gasteiger partial charge in [0.1, 0.15) is 5.69 Å². The van der Waals surface area contributed by atoms with E-state index in [-0.39, 0.29) is 0 Å². The quantitative estimate of drug-likeness (QED) is 0.718. The van der Waals surface area contributed by atoms with Crippen LogP contribution in [0.3, 0.4) is 0 Å². The van der Waals surface area contributed by atoms with Crippen LogP contribution in [0.1, 0.15) is 0 Å². The molecule has 3 rings (SSSR count). The molecule has 2 heterocycles. The molecule has 0 radical (unpaired) electrons. The van der Waals surface area contributed by atoms with E-state index in [0.717, 1.165) is 16.9 Å². The van der Waals surface area contributed by atoms with Gasteiger partial charge in [-0.3, -0.25) is 0 Å². The summed E-state index contributed by atoms with van der Waals surface area (Å²) in [6, 6.07) is 13.6. The van der Waals surface area contributed by atoms with Crippen LogP contribution < -0.4 is 4.74 Å². The highest BCUT2D eigenvalue weighted by Crippen LogP contribution is 2.17. The van der Waals surface area contributed by atoms with Gasteiger partial charge in [-0.25, -0.2) is 9.67 Å². The van der Waals surface area contributed by atoms with Gasteiger partial charge >= 0.3 is 0 Å². The van der Waals surface area contributed by atoms with Crippen molar-refractivity contribution in [2.75, 3.05) is 7.11 Å². The van der Waals surface area contributed by atoms with Crippen molar-refractivity contribution in [1.82, 2.24) is 20.0 Å². The molecule has 2 aromatic heterocycles. The SMILES string of the molecule is COc1ccc(-n2cc(-c3ccccc3)nn2)cn1. The van der Waals surface area contributed by atoms with Gasteiger partial charge in [-0.1, -0.05) is 35.5 Å². The Kier molecular flexibility index (Phi) is 2.94. The number of methoxy groups -OCH3 is 1. The first-order chi connectivity index (χ1) is 9.36. The fourth-order valence-electron chi connectivity index (χ4n) is 1.76. The smallest absolute Gasteiger partial charge is 0.213 e. The lowest BCUT2D eigenvalue weighted by atomic mass is 10.2. The van der Waals surface area contributed by atoms with Gasteiger partial charge in [0.25, 0.3) is 0 Å². The standard InChI is InChI=1S/C14H12N4O/c1-19-14-8-7-12(9-15-14)18-10-13(16-17-18)11-5-3-2-4-6-11/h2-10H,1H3. The number of pyridine rings is 1. The minimum atomic E-state index is 0.576. The molecule has 0 amide bonds. The molecule has 94 valence electrons. The van der Waals surface area contributed by atoms with Gasteiger partial charge in [0.05, 0.1) is 25.2 Å². The number of hydrogen-bond donors (Lipinski definition) is 0. The van der Waals surface area contributed by atoms with Crippen molar-refractivity contribution in [3.05, 3.63) is 54.9 Å². The molecule has 0 aliphatic rings. The zero-order valence-corrected chi connectivity index (χ0v) is 10.4. The first kappa shape index (κ1) is 11.4. The Morgan fingerprint density at radius 1 is 1.05 bits per heavy atom. The second-order valence-electron chi connectivity index (χ2n) is 3.97. The fraction of sp³-hybridized carbons (Fsp3) is 0.0714. The van der Waals surface area contributed by atoms with Crippen molar-refractivity contribution >= 4 is 0 Å². The van der Waals surface area contributed by atoms with Crippen molar-refractivity contribution in [2.24, 2.45) is 0 Å². The molecule has 0 spiro atoms. The van der Waals surface area contributed by atoms with Crippen LogP contribution in [-0.4, -0.2) is 27.1 Å². The average Bonchev–Trinajstić information content (AvgIpc) is 2.98. The zero-order valence-electron chi connectivity index (χ0n) is 10.4. The van der Waals surface area contributed by atoms with Gasteiger partial charge in [0.15, 0.2) is 0 Å². The number of rotatable bonds is 3. The number of benzene rings is 1. The summed E-state index contributed by atoms with van der Waals surface area (Å²) < 4.78 is 6.71. The number of ether oxygens (including phenoxy) is 1. The first-order valence-electron chi connectivity index (χ1n) is 5.85. The highest BCUT2D eigenvalue weighted by molar-refractivity contribution is 5.57. The summed E-state index contributed by atoms with van der Waals surface area (Å²) in [6.45, 7) is 0. The normalized spacial score (nSPS) is 10.4. The van der Waals surface area contributed by atoms with Crippen LogP contribution in [0.25, 0.3) is 16.9 Å². The van der Waals surface area contributed by atoms with E-state index in [4.69, 9.17) is 4.74 Å². The van der Waals surface area contributed by atoms with E-state index in [2.05, 4.69) is 15.3 Å². The van der Waals surface area contributed by atoms with E-state index in [0.29, 0.717) is 5.88 Å². The molecule has 3 aromatic rings. The van der Waals surface area contributed by atoms with E-state index < -0.39 is 0 Å². The molecule has 19 heavy (non-hydrogen) atoms. The fourth-order valence-corrected chi connectivity index (χ4v) is 1.76. The zero-order chi connectivity index (χ0) is 13.1. The van der Waals surface area contributed by atoms with E-state index in [1.807, 2.05) is 42.6 Å². The molecule has 0 saturated carbocycles. The van der Waals surface area contributed by atoms with Crippen LogP contribution in [0.15, 0.2) is 54.9 Å². The Balaban J connectivity index is 1.92. The molecule has 1 aromatic carbocycles. The maximum atomic E-state index is 5.02. The van der Waals surface area contributed by atoms with Crippen LogP contribution in [0.5, 0.6) is 5.88 Å². The van der Waals surface area contributed by atoms with E-state index in [1.54, 1.807) is 24.1 Å². The molecule has 0 aliphatic carbocycles. The summed E-state index contributed by atoms with van der Waals surface area (Å²) in [5, 5.41) is 8.26. The molecule has 0 unspecified atom stereocenters. The second kappa shape index (κ2) is 4.89. The third-order valence-corrected chi connectivity index (χ3v) is 2.76. The highest BCUT2D eigenvalue weighted by atomic mass is 16.5. The topological polar surface area (TPSA) is 52.8 Å². The van der Waals surface area contributed by atoms with Gasteiger partial charge in [0, 0.05) is 11.6 Å². The third kappa shape index (κ3) is 2.30. The van der Waals surface area contributed by atoms with Gasteiger partial charge in [-0.2, -0.15) is 0 Å². The molecule has 0 bridgehead atoms. The van der Waals surface area contributed by atoms with Gasteiger partial charge in [-0.15, -0.1) is 5.10 Å². The lowest BCUT2D eigenvalue weighted by molar-refractivity contribution is 0.397. The largest absolute Gasteiger partial charge is 0.481 e. The van der Waals surface area contributed by atoms with Crippen molar-refractivity contribution in [1.29, 1.82) is 0 Å². The molecule has 0 atom stereocenters. The van der Waals surface area contributed by atoms with E-state index in [9.17, 15) is 0 Å². The molecule has 5 nitrogen and oxygen atoms in total. The van der Waals surface area contributed by atoms with Crippen LogP contribution in [0, 0.1) is 0 Å². The number of hydrogen-bond acceptors (Lipinski definition) is 4. The van der Waals surface area contributed by atoms with E-state index >= 15 is 0 Å². The Labute approximate surface area is 110 Å². The maximum absolute atomic E-state index is 5.02. The lowest BCUT2D eigenvalue weighted by Crippen LogP contribution is -1.96. The predicted octanol–water partition coefficient (Wildman–Crippen LogP) is 2.34. The third-order valence-electron chi connectivity index (χ3n) is 2.76. The summed E-state index contributed by atoms with van der Waals surface area (Å²) in [4.78, 5) is 4.14. The summed E-state index contributed by atoms with van der Waals surface area (Å²) in [5.41, 5.74) is 2.71. The molecule has 0 aliphatic heterocycles.